The summed E-state index contributed by atoms with van der Waals surface area (Å²) in [6, 6.07) is 6.74. The van der Waals surface area contributed by atoms with E-state index < -0.39 is 23.2 Å². The van der Waals surface area contributed by atoms with Crippen LogP contribution >= 0.6 is 0 Å². The van der Waals surface area contributed by atoms with Gasteiger partial charge in [-0.2, -0.15) is 13.2 Å². The van der Waals surface area contributed by atoms with Gasteiger partial charge in [-0.3, -0.25) is 4.79 Å². The average Bonchev–Trinajstić information content (AvgIpc) is 2.27. The lowest BCUT2D eigenvalue weighted by molar-refractivity contribution is -0.140. The van der Waals surface area contributed by atoms with Crippen molar-refractivity contribution in [2.24, 2.45) is 0 Å². The number of rotatable bonds is 1. The minimum atomic E-state index is -4.71. The molecule has 2 rings (SSSR count). The van der Waals surface area contributed by atoms with Gasteiger partial charge in [0.15, 0.2) is 0 Å². The Morgan fingerprint density at radius 2 is 1.78 bits per heavy atom. The number of alkyl halides is 3. The molecule has 1 N–H and O–H groups in total. The Balaban J connectivity index is 2.68. The molecule has 0 aliphatic carbocycles. The van der Waals surface area contributed by atoms with E-state index in [1.54, 1.807) is 4.98 Å². The zero-order chi connectivity index (χ0) is 13.3. The van der Waals surface area contributed by atoms with Crippen LogP contribution in [0.4, 0.5) is 17.6 Å². The molecule has 0 aliphatic rings. The number of benzene rings is 1. The van der Waals surface area contributed by atoms with Gasteiger partial charge in [0.05, 0.1) is 0 Å². The predicted octanol–water partition coefficient (Wildman–Crippen LogP) is 3.20. The second kappa shape index (κ2) is 4.29. The maximum Gasteiger partial charge on any atom is 0.431 e. The zero-order valence-electron chi connectivity index (χ0n) is 8.88. The fourth-order valence-corrected chi connectivity index (χ4v) is 1.59. The molecular formula is C12H7F4NO. The van der Waals surface area contributed by atoms with Crippen molar-refractivity contribution < 1.29 is 17.6 Å². The molecule has 0 unspecified atom stereocenters. The van der Waals surface area contributed by atoms with Crippen molar-refractivity contribution in [3.63, 3.8) is 0 Å². The number of nitrogens with one attached hydrogen (secondary N) is 1. The summed E-state index contributed by atoms with van der Waals surface area (Å²) in [6.45, 7) is 0. The topological polar surface area (TPSA) is 32.9 Å². The summed E-state index contributed by atoms with van der Waals surface area (Å²) < 4.78 is 51.3. The molecule has 2 nitrogen and oxygen atoms in total. The molecule has 94 valence electrons. The molecule has 18 heavy (non-hydrogen) atoms. The number of hydrogen-bond donors (Lipinski definition) is 1. The Labute approximate surface area is 98.9 Å². The Hall–Kier alpha value is -2.11. The highest BCUT2D eigenvalue weighted by molar-refractivity contribution is 5.66. The molecule has 0 atom stereocenters. The minimum Gasteiger partial charge on any atom is -0.318 e. The molecule has 0 amide bonds. The Kier molecular flexibility index (Phi) is 2.94. The Bertz CT molecular complexity index is 630. The van der Waals surface area contributed by atoms with E-state index in [1.165, 1.54) is 12.1 Å². The average molecular weight is 257 g/mol. The number of hydrogen-bond acceptors (Lipinski definition) is 1. The van der Waals surface area contributed by atoms with E-state index in [-0.39, 0.29) is 11.1 Å². The SMILES string of the molecule is O=c1ccc(-c2cccc(F)c2)c(C(F)(F)F)[nH]1. The van der Waals surface area contributed by atoms with Crippen LogP contribution in [-0.2, 0) is 6.18 Å². The second-order valence-corrected chi connectivity index (χ2v) is 3.62. The Morgan fingerprint density at radius 1 is 1.06 bits per heavy atom. The van der Waals surface area contributed by atoms with E-state index in [9.17, 15) is 22.4 Å². The summed E-state index contributed by atoms with van der Waals surface area (Å²) in [7, 11) is 0. The lowest BCUT2D eigenvalue weighted by atomic mass is 10.0. The summed E-state index contributed by atoms with van der Waals surface area (Å²) in [5.41, 5.74) is -2.25. The van der Waals surface area contributed by atoms with Crippen LogP contribution in [0.1, 0.15) is 5.69 Å². The van der Waals surface area contributed by atoms with E-state index >= 15 is 0 Å². The van der Waals surface area contributed by atoms with Crippen LogP contribution in [-0.4, -0.2) is 4.98 Å². The molecule has 1 aromatic heterocycles. The monoisotopic (exact) mass is 257 g/mol. The van der Waals surface area contributed by atoms with Gasteiger partial charge in [-0.1, -0.05) is 12.1 Å². The summed E-state index contributed by atoms with van der Waals surface area (Å²) >= 11 is 0. The van der Waals surface area contributed by atoms with Gasteiger partial charge in [0.25, 0.3) is 0 Å². The summed E-state index contributed by atoms with van der Waals surface area (Å²) in [4.78, 5) is 12.7. The quantitative estimate of drug-likeness (QED) is 0.782. The fraction of sp³-hybridized carbons (Fsp3) is 0.0833. The maximum atomic E-state index is 13.0. The van der Waals surface area contributed by atoms with Crippen LogP contribution < -0.4 is 5.56 Å². The lowest BCUT2D eigenvalue weighted by Gasteiger charge is -2.12. The van der Waals surface area contributed by atoms with Gasteiger partial charge in [-0.05, 0) is 23.8 Å². The third kappa shape index (κ3) is 2.42. The molecule has 0 bridgehead atoms. The van der Waals surface area contributed by atoms with E-state index in [0.717, 1.165) is 24.3 Å². The van der Waals surface area contributed by atoms with Crippen LogP contribution in [0.3, 0.4) is 0 Å². The van der Waals surface area contributed by atoms with Gasteiger partial charge in [0, 0.05) is 11.6 Å². The van der Waals surface area contributed by atoms with Crippen LogP contribution in [0, 0.1) is 5.82 Å². The summed E-state index contributed by atoms with van der Waals surface area (Å²) in [5.74, 6) is -0.646. The van der Waals surface area contributed by atoms with Crippen LogP contribution in [0.2, 0.25) is 0 Å². The van der Waals surface area contributed by atoms with Crippen molar-refractivity contribution in [2.45, 2.75) is 6.18 Å². The molecule has 1 heterocycles. The smallest absolute Gasteiger partial charge is 0.318 e. The van der Waals surface area contributed by atoms with E-state index in [1.807, 2.05) is 0 Å². The first-order valence-corrected chi connectivity index (χ1v) is 4.94. The number of H-pyrrole nitrogens is 1. The number of halogens is 4. The molecular weight excluding hydrogens is 250 g/mol. The van der Waals surface area contributed by atoms with E-state index in [0.29, 0.717) is 0 Å². The van der Waals surface area contributed by atoms with Crippen molar-refractivity contribution >= 4 is 0 Å². The first-order valence-electron chi connectivity index (χ1n) is 4.94. The Morgan fingerprint density at radius 3 is 2.39 bits per heavy atom. The highest BCUT2D eigenvalue weighted by Gasteiger charge is 2.35. The molecule has 0 saturated carbocycles. The van der Waals surface area contributed by atoms with Crippen molar-refractivity contribution in [1.29, 1.82) is 0 Å². The third-order valence-corrected chi connectivity index (χ3v) is 2.34. The van der Waals surface area contributed by atoms with Gasteiger partial charge in [0.2, 0.25) is 5.56 Å². The number of aromatic nitrogens is 1. The predicted molar refractivity (Wildman–Crippen MR) is 57.5 cm³/mol. The molecule has 0 fully saturated rings. The summed E-state index contributed by atoms with van der Waals surface area (Å²) in [5, 5.41) is 0. The van der Waals surface area contributed by atoms with Gasteiger partial charge < -0.3 is 4.98 Å². The number of pyridine rings is 1. The van der Waals surface area contributed by atoms with E-state index in [2.05, 4.69) is 0 Å². The molecule has 2 aromatic rings. The normalized spacial score (nSPS) is 11.6. The lowest BCUT2D eigenvalue weighted by Crippen LogP contribution is -2.17. The van der Waals surface area contributed by atoms with Crippen molar-refractivity contribution in [3.05, 3.63) is 58.3 Å². The maximum absolute atomic E-state index is 13.0. The minimum absolute atomic E-state index is 0.0542. The first-order chi connectivity index (χ1) is 8.38. The molecule has 0 radical (unpaired) electrons. The van der Waals surface area contributed by atoms with Crippen molar-refractivity contribution in [3.8, 4) is 11.1 Å². The van der Waals surface area contributed by atoms with Crippen molar-refractivity contribution in [1.82, 2.24) is 4.98 Å². The summed E-state index contributed by atoms with van der Waals surface area (Å²) in [6.07, 6.45) is -4.71. The fourth-order valence-electron chi connectivity index (χ4n) is 1.59. The largest absolute Gasteiger partial charge is 0.431 e. The van der Waals surface area contributed by atoms with E-state index in [4.69, 9.17) is 0 Å². The zero-order valence-corrected chi connectivity index (χ0v) is 8.88. The number of aromatic amines is 1. The second-order valence-electron chi connectivity index (χ2n) is 3.62. The van der Waals surface area contributed by atoms with Crippen LogP contribution in [0.15, 0.2) is 41.2 Å². The standard InChI is InChI=1S/C12H7F4NO/c13-8-3-1-2-7(6-8)9-4-5-10(18)17-11(9)12(14,15)16/h1-6H,(H,17,18). The molecule has 6 heteroatoms. The molecule has 1 aromatic carbocycles. The van der Waals surface area contributed by atoms with Crippen molar-refractivity contribution in [2.75, 3.05) is 0 Å². The van der Waals surface area contributed by atoms with Crippen LogP contribution in [0.5, 0.6) is 0 Å². The highest BCUT2D eigenvalue weighted by Crippen LogP contribution is 2.34. The molecule has 0 saturated heterocycles. The van der Waals surface area contributed by atoms with Gasteiger partial charge in [-0.25, -0.2) is 4.39 Å². The van der Waals surface area contributed by atoms with Crippen LogP contribution in [0.25, 0.3) is 11.1 Å². The highest BCUT2D eigenvalue weighted by atomic mass is 19.4. The van der Waals surface area contributed by atoms with Gasteiger partial charge in [-0.15, -0.1) is 0 Å². The first kappa shape index (κ1) is 12.3. The third-order valence-electron chi connectivity index (χ3n) is 2.34. The van der Waals surface area contributed by atoms with Gasteiger partial charge in [0.1, 0.15) is 11.5 Å². The molecule has 0 spiro atoms. The van der Waals surface area contributed by atoms with Gasteiger partial charge >= 0.3 is 6.18 Å². The molecule has 0 aliphatic heterocycles.